The van der Waals surface area contributed by atoms with Crippen LogP contribution in [0.15, 0.2) is 86.1 Å². The largest absolute Gasteiger partial charge is 0.490 e. The maximum Gasteiger partial charge on any atom is 0.306 e. The van der Waals surface area contributed by atoms with Crippen molar-refractivity contribution in [2.75, 3.05) is 33.4 Å². The summed E-state index contributed by atoms with van der Waals surface area (Å²) in [5.74, 6) is 2.54. The third kappa shape index (κ3) is 62.9. The van der Waals surface area contributed by atoms with Gasteiger partial charge in [0.15, 0.2) is 17.3 Å². The van der Waals surface area contributed by atoms with Crippen LogP contribution in [0.25, 0.3) is 0 Å². The fourth-order valence-electron chi connectivity index (χ4n) is 10.7. The first-order valence-electron chi connectivity index (χ1n) is 35.3. The maximum atomic E-state index is 12.3. The average Bonchev–Trinajstić information content (AvgIpc) is 3.82. The number of nitrogens with zero attached hydrogens (tertiary/aromatic N) is 1. The molecule has 5 atom stereocenters. The van der Waals surface area contributed by atoms with Crippen molar-refractivity contribution in [2.45, 2.75) is 320 Å². The summed E-state index contributed by atoms with van der Waals surface area (Å²) >= 11 is 0. The van der Waals surface area contributed by atoms with E-state index in [0.717, 1.165) is 57.3 Å². The first kappa shape index (κ1) is 88.3. The predicted octanol–water partition coefficient (Wildman–Crippen LogP) is 22.7. The standard InChI is InChI=1S/C27H46O4.C19H32O2.C12H22.C10H16O.C8H17N.C2H6/c1-5-9-11-13-15-17-19-30-26(8-4)22-24(21-25(28)7-3)23-27(29)31-20-18-16-14-12-10-6-2;1-4-6-7-8-9-10-11-12-14-19(21)16-18(13-5-2)15-17(3)20;1-4-6-7-8-9-10-11-12(3)5-2;1-3-10(11)9-7-5-4-6-8(9)2;1-8-5-3-4-6-9(2)7-8;1-2/h7,24H,3-6,9-23H2,1-2H3;5,12,14,18H,2,4,6-11,13,15-16H2,1,3H3;2,4,6-11H2,1,3H3;3,8-9H,1,4-7H2,2H3;8H,3-7H2,1-2H3;1-2H3/b;14-12-;;;;. The topological polar surface area (TPSA) is 107 Å². The lowest BCUT2D eigenvalue weighted by Gasteiger charge is -2.26. The normalized spacial score (nSPS) is 15.9. The summed E-state index contributed by atoms with van der Waals surface area (Å²) in [6.45, 7) is 42.9. The molecule has 2 aliphatic rings. The number of ketones is 4. The summed E-state index contributed by atoms with van der Waals surface area (Å²) in [5, 5.41) is 0. The number of unbranched alkanes of at least 4 members (excludes halogenated alkanes) is 21. The zero-order valence-corrected chi connectivity index (χ0v) is 58.5. The summed E-state index contributed by atoms with van der Waals surface area (Å²) in [5.41, 5.74) is 7.08. The Kier molecular flexibility index (Phi) is 70.3. The number of hydrogen-bond donors (Lipinski definition) is 0. The van der Waals surface area contributed by atoms with Gasteiger partial charge in [0, 0.05) is 44.6 Å². The number of likely N-dealkylation sites (tertiary alicyclic amines) is 1. The Hall–Kier alpha value is -4.09. The maximum absolute atomic E-state index is 12.3. The van der Waals surface area contributed by atoms with E-state index in [1.165, 1.54) is 198 Å². The van der Waals surface area contributed by atoms with Crippen molar-refractivity contribution in [1.29, 1.82) is 0 Å². The summed E-state index contributed by atoms with van der Waals surface area (Å²) in [7, 11) is 2.22. The molecular weight excluding hydrogens is 1060 g/mol. The van der Waals surface area contributed by atoms with Gasteiger partial charge in [0.05, 0.1) is 13.2 Å². The Bertz CT molecular complexity index is 1790. The molecule has 0 bridgehead atoms. The number of allylic oxidation sites excluding steroid dienone is 7. The van der Waals surface area contributed by atoms with Crippen LogP contribution in [0.5, 0.6) is 0 Å². The summed E-state index contributed by atoms with van der Waals surface area (Å²) in [6, 6.07) is 0. The minimum Gasteiger partial charge on any atom is -0.490 e. The van der Waals surface area contributed by atoms with Crippen molar-refractivity contribution < 1.29 is 33.4 Å². The SMILES string of the molecule is C=C=C(C)CCCCCCCC.C=C=C(CC(CC(=O)C=C)CC(=O)OCCCCCCCC)OCCCCCCCC.C=CC(=O)C1CCCCC1C.C=CCC(CC(C)=O)CC(=O)/C=C\CCCCCCCC.CC.CC1CCCCN(C)C1. The highest BCUT2D eigenvalue weighted by Gasteiger charge is 2.25. The lowest BCUT2D eigenvalue weighted by Crippen LogP contribution is -2.23. The first-order valence-corrected chi connectivity index (χ1v) is 35.3. The van der Waals surface area contributed by atoms with E-state index in [9.17, 15) is 24.0 Å². The molecule has 8 heteroatoms. The van der Waals surface area contributed by atoms with E-state index in [4.69, 9.17) is 9.47 Å². The number of ether oxygens (including phenoxy) is 2. The lowest BCUT2D eigenvalue weighted by molar-refractivity contribution is -0.145. The predicted molar refractivity (Wildman–Crippen MR) is 374 cm³/mol. The second-order valence-electron chi connectivity index (χ2n) is 24.6. The number of rotatable bonds is 45. The van der Waals surface area contributed by atoms with Gasteiger partial charge in [0.25, 0.3) is 0 Å². The average molecular weight is 1200 g/mol. The highest BCUT2D eigenvalue weighted by Crippen LogP contribution is 2.30. The molecule has 86 heavy (non-hydrogen) atoms. The van der Waals surface area contributed by atoms with E-state index >= 15 is 0 Å². The molecule has 0 spiro atoms. The molecule has 1 aliphatic heterocycles. The minimum absolute atomic E-state index is 0.0759. The Morgan fingerprint density at radius 1 is 0.558 bits per heavy atom. The molecule has 1 saturated heterocycles. The molecule has 0 radical (unpaired) electrons. The lowest BCUT2D eigenvalue weighted by atomic mass is 9.78. The fraction of sp³-hybridized carbons (Fsp3) is 0.756. The van der Waals surface area contributed by atoms with Gasteiger partial charge in [-0.2, -0.15) is 0 Å². The van der Waals surface area contributed by atoms with Crippen LogP contribution >= 0.6 is 0 Å². The fourth-order valence-corrected chi connectivity index (χ4v) is 10.7. The Labute approximate surface area is 533 Å². The highest BCUT2D eigenvalue weighted by molar-refractivity contribution is 5.91. The molecule has 0 amide bonds. The van der Waals surface area contributed by atoms with Crippen LogP contribution in [0.2, 0.25) is 0 Å². The van der Waals surface area contributed by atoms with Crippen LogP contribution in [0.4, 0.5) is 0 Å². The van der Waals surface area contributed by atoms with Crippen molar-refractivity contribution >= 4 is 29.1 Å². The van der Waals surface area contributed by atoms with Crippen LogP contribution in [-0.2, 0) is 33.4 Å². The number of Topliss-reactive ketones (excluding diaryl/α,β-unsaturated/α-hetero) is 1. The molecule has 1 saturated carbocycles. The van der Waals surface area contributed by atoms with Crippen molar-refractivity contribution in [2.24, 2.45) is 29.6 Å². The number of carbonyl (C=O) groups excluding carboxylic acids is 5. The van der Waals surface area contributed by atoms with E-state index in [2.05, 4.69) is 105 Å². The molecule has 0 aromatic heterocycles. The van der Waals surface area contributed by atoms with Gasteiger partial charge in [-0.3, -0.25) is 19.2 Å². The Morgan fingerprint density at radius 2 is 1.06 bits per heavy atom. The van der Waals surface area contributed by atoms with Crippen LogP contribution < -0.4 is 0 Å². The summed E-state index contributed by atoms with van der Waals surface area (Å²) in [4.78, 5) is 60.9. The van der Waals surface area contributed by atoms with E-state index < -0.39 is 0 Å². The van der Waals surface area contributed by atoms with Crippen molar-refractivity contribution in [3.05, 3.63) is 86.1 Å². The molecule has 1 heterocycles. The van der Waals surface area contributed by atoms with Gasteiger partial charge in [-0.15, -0.1) is 12.3 Å². The Balaban J connectivity index is -0.000000524. The molecule has 0 aromatic rings. The van der Waals surface area contributed by atoms with Gasteiger partial charge in [-0.1, -0.05) is 254 Å². The highest BCUT2D eigenvalue weighted by atomic mass is 16.5. The molecule has 2 rings (SSSR count). The third-order valence-corrected chi connectivity index (χ3v) is 16.0. The molecule has 8 nitrogen and oxygen atoms in total. The van der Waals surface area contributed by atoms with E-state index in [0.29, 0.717) is 44.2 Å². The smallest absolute Gasteiger partial charge is 0.306 e. The van der Waals surface area contributed by atoms with Crippen LogP contribution in [0.1, 0.15) is 320 Å². The molecule has 5 unspecified atom stereocenters. The molecule has 2 fully saturated rings. The van der Waals surface area contributed by atoms with E-state index in [1.54, 1.807) is 19.1 Å². The van der Waals surface area contributed by atoms with Crippen LogP contribution in [0, 0.1) is 29.6 Å². The summed E-state index contributed by atoms with van der Waals surface area (Å²) in [6.07, 6.45) is 52.0. The van der Waals surface area contributed by atoms with E-state index in [1.807, 2.05) is 19.9 Å². The molecule has 0 N–H and O–H groups in total. The van der Waals surface area contributed by atoms with Gasteiger partial charge >= 0.3 is 5.97 Å². The Morgan fingerprint density at radius 3 is 1.56 bits per heavy atom. The van der Waals surface area contributed by atoms with E-state index in [-0.39, 0.29) is 59.7 Å². The van der Waals surface area contributed by atoms with Crippen molar-refractivity contribution in [3.8, 4) is 0 Å². The molecule has 0 aromatic carbocycles. The van der Waals surface area contributed by atoms with Gasteiger partial charge in [0.2, 0.25) is 0 Å². The zero-order chi connectivity index (χ0) is 65.3. The number of esters is 1. The van der Waals surface area contributed by atoms with Gasteiger partial charge in [-0.05, 0) is 139 Å². The minimum atomic E-state index is -0.255. The van der Waals surface area contributed by atoms with Crippen LogP contribution in [-0.4, -0.2) is 67.4 Å². The number of carbonyl (C=O) groups is 5. The van der Waals surface area contributed by atoms with Gasteiger partial charge in [0.1, 0.15) is 11.5 Å². The first-order chi connectivity index (χ1) is 41.5. The second-order valence-corrected chi connectivity index (χ2v) is 24.6. The second kappa shape index (κ2) is 68.4. The van der Waals surface area contributed by atoms with Crippen molar-refractivity contribution in [3.63, 3.8) is 0 Å². The van der Waals surface area contributed by atoms with Crippen molar-refractivity contribution in [1.82, 2.24) is 4.90 Å². The molecule has 1 aliphatic carbocycles. The van der Waals surface area contributed by atoms with Gasteiger partial charge < -0.3 is 19.2 Å². The quantitative estimate of drug-likeness (QED) is 0.0148. The molecule has 498 valence electrons. The monoisotopic (exact) mass is 1200 g/mol. The number of hydrogen-bond acceptors (Lipinski definition) is 8. The zero-order valence-electron chi connectivity index (χ0n) is 58.5. The molecular formula is C78H139NO7. The van der Waals surface area contributed by atoms with Crippen LogP contribution in [0.3, 0.4) is 0 Å². The van der Waals surface area contributed by atoms with Gasteiger partial charge in [-0.25, -0.2) is 0 Å². The summed E-state index contributed by atoms with van der Waals surface area (Å²) < 4.78 is 11.2. The third-order valence-electron chi connectivity index (χ3n) is 16.0.